The quantitative estimate of drug-likeness (QED) is 0.925. The summed E-state index contributed by atoms with van der Waals surface area (Å²) in [5, 5.41) is 0.282. The maximum absolute atomic E-state index is 12.9. The summed E-state index contributed by atoms with van der Waals surface area (Å²) in [7, 11) is -3.64. The topological polar surface area (TPSA) is 63.4 Å². The molecule has 0 unspecified atom stereocenters. The number of halogens is 1. The van der Waals surface area contributed by atoms with Gasteiger partial charge in [-0.25, -0.2) is 8.42 Å². The Kier molecular flexibility index (Phi) is 4.47. The van der Waals surface area contributed by atoms with Gasteiger partial charge >= 0.3 is 0 Å². The molecule has 2 atom stereocenters. The molecule has 0 saturated carbocycles. The lowest BCUT2D eigenvalue weighted by Gasteiger charge is -2.18. The minimum absolute atomic E-state index is 0.00504. The van der Waals surface area contributed by atoms with E-state index in [1.54, 1.807) is 25.1 Å². The summed E-state index contributed by atoms with van der Waals surface area (Å²) in [4.78, 5) is 0.153. The Balaban J connectivity index is 1.92. The van der Waals surface area contributed by atoms with Crippen LogP contribution in [0.3, 0.4) is 0 Å². The predicted molar refractivity (Wildman–Crippen MR) is 92.1 cm³/mol. The van der Waals surface area contributed by atoms with Crippen molar-refractivity contribution < 1.29 is 8.42 Å². The monoisotopic (exact) mass is 350 g/mol. The zero-order valence-corrected chi connectivity index (χ0v) is 14.4. The Morgan fingerprint density at radius 1 is 1.09 bits per heavy atom. The van der Waals surface area contributed by atoms with Crippen LogP contribution in [0.15, 0.2) is 53.4 Å². The van der Waals surface area contributed by atoms with Crippen LogP contribution in [0.2, 0.25) is 5.02 Å². The van der Waals surface area contributed by atoms with Crippen molar-refractivity contribution in [3.05, 3.63) is 64.7 Å². The van der Waals surface area contributed by atoms with Gasteiger partial charge in [0.25, 0.3) is 0 Å². The Morgan fingerprint density at radius 3 is 2.48 bits per heavy atom. The number of rotatable bonds is 3. The second-order valence-corrected chi connectivity index (χ2v) is 8.17. The Hall–Kier alpha value is -1.40. The first-order valence-corrected chi connectivity index (χ1v) is 9.29. The first kappa shape index (κ1) is 16.5. The lowest BCUT2D eigenvalue weighted by molar-refractivity contribution is 0.470. The lowest BCUT2D eigenvalue weighted by atomic mass is 9.95. The minimum atomic E-state index is -3.64. The highest BCUT2D eigenvalue weighted by Crippen LogP contribution is 2.33. The zero-order valence-electron chi connectivity index (χ0n) is 12.8. The molecule has 23 heavy (non-hydrogen) atoms. The van der Waals surface area contributed by atoms with E-state index in [4.69, 9.17) is 17.3 Å². The number of benzene rings is 2. The van der Waals surface area contributed by atoms with Crippen LogP contribution >= 0.6 is 11.6 Å². The molecule has 3 rings (SSSR count). The van der Waals surface area contributed by atoms with Crippen molar-refractivity contribution in [2.24, 2.45) is 5.73 Å². The van der Waals surface area contributed by atoms with Gasteiger partial charge in [0.05, 0.1) is 5.02 Å². The number of nitrogens with zero attached hydrogens (tertiary/aromatic N) is 1. The first-order chi connectivity index (χ1) is 10.9. The third-order valence-corrected chi connectivity index (χ3v) is 6.82. The molecule has 1 heterocycles. The van der Waals surface area contributed by atoms with Gasteiger partial charge in [-0.1, -0.05) is 54.1 Å². The average molecular weight is 351 g/mol. The van der Waals surface area contributed by atoms with Crippen LogP contribution in [0.4, 0.5) is 0 Å². The smallest absolute Gasteiger partial charge is 0.244 e. The van der Waals surface area contributed by atoms with Gasteiger partial charge in [-0.3, -0.25) is 0 Å². The lowest BCUT2D eigenvalue weighted by Crippen LogP contribution is -2.32. The second kappa shape index (κ2) is 6.24. The van der Waals surface area contributed by atoms with Crippen LogP contribution in [-0.2, 0) is 10.0 Å². The Morgan fingerprint density at radius 2 is 1.78 bits per heavy atom. The summed E-state index contributed by atoms with van der Waals surface area (Å²) in [5.74, 6) is -0.00504. The SMILES string of the molecule is Cc1cccc(S(=O)(=O)N2C[C@@H](N)[C@H](c3ccccc3)C2)c1Cl. The Labute approximate surface area is 141 Å². The molecule has 0 bridgehead atoms. The predicted octanol–water partition coefficient (Wildman–Crippen LogP) is 2.76. The van der Waals surface area contributed by atoms with Crippen molar-refractivity contribution >= 4 is 21.6 Å². The fraction of sp³-hybridized carbons (Fsp3) is 0.294. The van der Waals surface area contributed by atoms with Gasteiger partial charge in [0, 0.05) is 25.0 Å². The van der Waals surface area contributed by atoms with E-state index in [0.29, 0.717) is 13.1 Å². The molecule has 2 N–H and O–H groups in total. The molecule has 122 valence electrons. The third-order valence-electron chi connectivity index (χ3n) is 4.33. The van der Waals surface area contributed by atoms with Crippen LogP contribution in [-0.4, -0.2) is 31.9 Å². The molecule has 0 spiro atoms. The summed E-state index contributed by atoms with van der Waals surface area (Å²) in [5.41, 5.74) is 8.01. The highest BCUT2D eigenvalue weighted by atomic mass is 35.5. The Bertz CT molecular complexity index is 809. The van der Waals surface area contributed by atoms with E-state index in [-0.39, 0.29) is 21.9 Å². The van der Waals surface area contributed by atoms with Crippen molar-refractivity contribution in [1.82, 2.24) is 4.31 Å². The van der Waals surface area contributed by atoms with Crippen LogP contribution in [0.5, 0.6) is 0 Å². The molecule has 2 aromatic rings. The van der Waals surface area contributed by atoms with E-state index in [0.717, 1.165) is 11.1 Å². The van der Waals surface area contributed by atoms with Gasteiger partial charge in [0.2, 0.25) is 10.0 Å². The fourth-order valence-electron chi connectivity index (χ4n) is 3.00. The first-order valence-electron chi connectivity index (χ1n) is 7.47. The van der Waals surface area contributed by atoms with Crippen molar-refractivity contribution in [3.8, 4) is 0 Å². The summed E-state index contributed by atoms with van der Waals surface area (Å²) in [6.07, 6.45) is 0. The van der Waals surface area contributed by atoms with Crippen molar-refractivity contribution in [2.75, 3.05) is 13.1 Å². The van der Waals surface area contributed by atoms with Gasteiger partial charge in [-0.2, -0.15) is 4.31 Å². The molecule has 1 aliphatic rings. The zero-order chi connectivity index (χ0) is 16.6. The van der Waals surface area contributed by atoms with E-state index in [9.17, 15) is 8.42 Å². The molecule has 0 aliphatic carbocycles. The average Bonchev–Trinajstić information content (AvgIpc) is 2.93. The summed E-state index contributed by atoms with van der Waals surface area (Å²) in [6, 6.07) is 14.6. The van der Waals surface area contributed by atoms with Gasteiger partial charge in [-0.15, -0.1) is 0 Å². The standard InChI is InChI=1S/C17H19ClN2O2S/c1-12-6-5-9-16(17(12)18)23(21,22)20-10-14(15(19)11-20)13-7-3-2-4-8-13/h2-9,14-15H,10-11,19H2,1H3/t14-,15+/m0/s1. The number of nitrogens with two attached hydrogens (primary N) is 1. The van der Waals surface area contributed by atoms with Crippen molar-refractivity contribution in [2.45, 2.75) is 23.8 Å². The molecule has 2 aromatic carbocycles. The van der Waals surface area contributed by atoms with Gasteiger partial charge in [0.1, 0.15) is 4.90 Å². The summed E-state index contributed by atoms with van der Waals surface area (Å²) < 4.78 is 27.3. The number of sulfonamides is 1. The second-order valence-electron chi connectivity index (χ2n) is 5.89. The summed E-state index contributed by atoms with van der Waals surface area (Å²) >= 11 is 6.21. The molecule has 0 aromatic heterocycles. The van der Waals surface area contributed by atoms with Crippen LogP contribution in [0.25, 0.3) is 0 Å². The molecule has 1 fully saturated rings. The normalized spacial score (nSPS) is 22.4. The van der Waals surface area contributed by atoms with Gasteiger partial charge in [-0.05, 0) is 24.1 Å². The van der Waals surface area contributed by atoms with E-state index in [2.05, 4.69) is 0 Å². The highest BCUT2D eigenvalue weighted by Gasteiger charge is 2.39. The van der Waals surface area contributed by atoms with Gasteiger partial charge < -0.3 is 5.73 Å². The molecule has 1 aliphatic heterocycles. The number of aryl methyl sites for hydroxylation is 1. The van der Waals surface area contributed by atoms with E-state index in [1.807, 2.05) is 30.3 Å². The van der Waals surface area contributed by atoms with Crippen molar-refractivity contribution in [1.29, 1.82) is 0 Å². The van der Waals surface area contributed by atoms with Crippen molar-refractivity contribution in [3.63, 3.8) is 0 Å². The maximum Gasteiger partial charge on any atom is 0.244 e. The summed E-state index contributed by atoms with van der Waals surface area (Å²) in [6.45, 7) is 2.47. The van der Waals surface area contributed by atoms with E-state index < -0.39 is 10.0 Å². The number of hydrogen-bond acceptors (Lipinski definition) is 3. The highest BCUT2D eigenvalue weighted by molar-refractivity contribution is 7.89. The largest absolute Gasteiger partial charge is 0.326 e. The molecular formula is C17H19ClN2O2S. The van der Waals surface area contributed by atoms with E-state index >= 15 is 0 Å². The molecule has 4 nitrogen and oxygen atoms in total. The van der Waals surface area contributed by atoms with Crippen LogP contribution < -0.4 is 5.73 Å². The van der Waals surface area contributed by atoms with Crippen LogP contribution in [0.1, 0.15) is 17.0 Å². The molecule has 0 amide bonds. The van der Waals surface area contributed by atoms with Crippen LogP contribution in [0, 0.1) is 6.92 Å². The van der Waals surface area contributed by atoms with Gasteiger partial charge in [0.15, 0.2) is 0 Å². The minimum Gasteiger partial charge on any atom is -0.326 e. The maximum atomic E-state index is 12.9. The number of hydrogen-bond donors (Lipinski definition) is 1. The molecule has 0 radical (unpaired) electrons. The molecule has 6 heteroatoms. The molecular weight excluding hydrogens is 332 g/mol. The third kappa shape index (κ3) is 3.02. The fourth-order valence-corrected chi connectivity index (χ4v) is 5.06. The van der Waals surface area contributed by atoms with E-state index in [1.165, 1.54) is 4.31 Å². The molecule has 1 saturated heterocycles.